The molecular weight excluding hydrogens is 256 g/mol. The Hall–Kier alpha value is -2.04. The maximum absolute atomic E-state index is 11.5. The van der Waals surface area contributed by atoms with E-state index in [9.17, 15) is 9.59 Å². The topological polar surface area (TPSA) is 67.4 Å². The molecule has 0 radical (unpaired) electrons. The van der Waals surface area contributed by atoms with Crippen molar-refractivity contribution in [3.63, 3.8) is 0 Å². The standard InChI is InChI=1S/C15H22N2O3/c1-3-12(2)17-14(18)9-10-16-15(19)20-11-13-7-5-4-6-8-13/h4-8,12H,3,9-11H2,1-2H3,(H,16,19)(H,17,18)/t12-/m0/s1. The van der Waals surface area contributed by atoms with Crippen LogP contribution in [0, 0.1) is 0 Å². The largest absolute Gasteiger partial charge is 0.445 e. The molecular formula is C15H22N2O3. The third kappa shape index (κ3) is 6.78. The minimum absolute atomic E-state index is 0.0669. The van der Waals surface area contributed by atoms with Gasteiger partial charge in [0.25, 0.3) is 0 Å². The number of hydrogen-bond acceptors (Lipinski definition) is 3. The van der Waals surface area contributed by atoms with E-state index >= 15 is 0 Å². The Morgan fingerprint density at radius 3 is 2.60 bits per heavy atom. The van der Waals surface area contributed by atoms with Crippen LogP contribution in [0.3, 0.4) is 0 Å². The van der Waals surface area contributed by atoms with Crippen LogP contribution in [0.25, 0.3) is 0 Å². The summed E-state index contributed by atoms with van der Waals surface area (Å²) in [5.74, 6) is -0.0669. The van der Waals surface area contributed by atoms with Crippen LogP contribution in [0.15, 0.2) is 30.3 Å². The van der Waals surface area contributed by atoms with Gasteiger partial charge in [-0.3, -0.25) is 4.79 Å². The number of alkyl carbamates (subject to hydrolysis) is 1. The third-order valence-corrected chi connectivity index (χ3v) is 2.85. The first-order valence-electron chi connectivity index (χ1n) is 6.85. The van der Waals surface area contributed by atoms with Gasteiger partial charge in [0.05, 0.1) is 0 Å². The summed E-state index contributed by atoms with van der Waals surface area (Å²) >= 11 is 0. The van der Waals surface area contributed by atoms with Gasteiger partial charge in [-0.25, -0.2) is 4.79 Å². The van der Waals surface area contributed by atoms with E-state index in [0.717, 1.165) is 12.0 Å². The predicted octanol–water partition coefficient (Wildman–Crippen LogP) is 2.22. The molecule has 0 heterocycles. The smallest absolute Gasteiger partial charge is 0.407 e. The predicted molar refractivity (Wildman–Crippen MR) is 77.1 cm³/mol. The molecule has 0 saturated carbocycles. The summed E-state index contributed by atoms with van der Waals surface area (Å²) in [5.41, 5.74) is 0.928. The molecule has 0 aliphatic carbocycles. The van der Waals surface area contributed by atoms with Gasteiger partial charge in [0, 0.05) is 19.0 Å². The van der Waals surface area contributed by atoms with Gasteiger partial charge in [0.1, 0.15) is 6.61 Å². The maximum atomic E-state index is 11.5. The van der Waals surface area contributed by atoms with Crippen LogP contribution < -0.4 is 10.6 Å². The molecule has 1 atom stereocenters. The molecule has 20 heavy (non-hydrogen) atoms. The van der Waals surface area contributed by atoms with Crippen LogP contribution in [-0.4, -0.2) is 24.6 Å². The van der Waals surface area contributed by atoms with Gasteiger partial charge in [-0.15, -0.1) is 0 Å². The average Bonchev–Trinajstić information content (AvgIpc) is 2.46. The van der Waals surface area contributed by atoms with E-state index in [1.807, 2.05) is 44.2 Å². The van der Waals surface area contributed by atoms with Crippen molar-refractivity contribution < 1.29 is 14.3 Å². The summed E-state index contributed by atoms with van der Waals surface area (Å²) in [6.07, 6.45) is 0.633. The molecule has 0 aliphatic rings. The van der Waals surface area contributed by atoms with Crippen molar-refractivity contribution >= 4 is 12.0 Å². The van der Waals surface area contributed by atoms with Crippen LogP contribution in [0.2, 0.25) is 0 Å². The van der Waals surface area contributed by atoms with Crippen molar-refractivity contribution in [2.24, 2.45) is 0 Å². The number of carbonyl (C=O) groups is 2. The van der Waals surface area contributed by atoms with Gasteiger partial charge in [-0.05, 0) is 18.9 Å². The van der Waals surface area contributed by atoms with Crippen molar-refractivity contribution in [2.75, 3.05) is 6.54 Å². The van der Waals surface area contributed by atoms with E-state index < -0.39 is 6.09 Å². The number of rotatable bonds is 7. The molecule has 0 spiro atoms. The van der Waals surface area contributed by atoms with E-state index in [1.54, 1.807) is 0 Å². The highest BCUT2D eigenvalue weighted by Crippen LogP contribution is 2.00. The molecule has 1 aromatic rings. The van der Waals surface area contributed by atoms with Gasteiger partial charge in [-0.2, -0.15) is 0 Å². The number of carbonyl (C=O) groups excluding carboxylic acids is 2. The zero-order chi connectivity index (χ0) is 14.8. The van der Waals surface area contributed by atoms with Crippen LogP contribution in [-0.2, 0) is 16.1 Å². The molecule has 0 fully saturated rings. The van der Waals surface area contributed by atoms with Gasteiger partial charge < -0.3 is 15.4 Å². The fourth-order valence-corrected chi connectivity index (χ4v) is 1.50. The normalized spacial score (nSPS) is 11.5. The van der Waals surface area contributed by atoms with Crippen molar-refractivity contribution in [3.8, 4) is 0 Å². The second-order valence-electron chi connectivity index (χ2n) is 4.62. The first kappa shape index (κ1) is 16.0. The Labute approximate surface area is 119 Å². The quantitative estimate of drug-likeness (QED) is 0.803. The number of ether oxygens (including phenoxy) is 1. The van der Waals surface area contributed by atoms with Crippen molar-refractivity contribution in [1.29, 1.82) is 0 Å². The molecule has 1 aromatic carbocycles. The molecule has 0 aromatic heterocycles. The molecule has 5 nitrogen and oxygen atoms in total. The number of amides is 2. The summed E-state index contributed by atoms with van der Waals surface area (Å²) in [5, 5.41) is 5.38. The lowest BCUT2D eigenvalue weighted by Crippen LogP contribution is -2.35. The Morgan fingerprint density at radius 1 is 1.25 bits per heavy atom. The lowest BCUT2D eigenvalue weighted by atomic mass is 10.2. The molecule has 2 N–H and O–H groups in total. The first-order valence-corrected chi connectivity index (χ1v) is 6.85. The van der Waals surface area contributed by atoms with Gasteiger partial charge in [-0.1, -0.05) is 37.3 Å². The van der Waals surface area contributed by atoms with Crippen molar-refractivity contribution in [2.45, 2.75) is 39.3 Å². The summed E-state index contributed by atoms with van der Waals surface area (Å²) < 4.78 is 5.03. The van der Waals surface area contributed by atoms with Gasteiger partial charge in [0.2, 0.25) is 5.91 Å². The average molecular weight is 278 g/mol. The molecule has 0 unspecified atom stereocenters. The monoisotopic (exact) mass is 278 g/mol. The maximum Gasteiger partial charge on any atom is 0.407 e. The zero-order valence-electron chi connectivity index (χ0n) is 12.0. The molecule has 0 bridgehead atoms. The molecule has 2 amide bonds. The lowest BCUT2D eigenvalue weighted by molar-refractivity contribution is -0.121. The number of benzene rings is 1. The number of hydrogen-bond donors (Lipinski definition) is 2. The fourth-order valence-electron chi connectivity index (χ4n) is 1.50. The van der Waals surface area contributed by atoms with Crippen LogP contribution in [0.1, 0.15) is 32.3 Å². The second kappa shape index (κ2) is 8.96. The second-order valence-corrected chi connectivity index (χ2v) is 4.62. The Morgan fingerprint density at radius 2 is 1.95 bits per heavy atom. The van der Waals surface area contributed by atoms with E-state index in [1.165, 1.54) is 0 Å². The van der Waals surface area contributed by atoms with E-state index in [0.29, 0.717) is 0 Å². The minimum Gasteiger partial charge on any atom is -0.445 e. The SMILES string of the molecule is CC[C@H](C)NC(=O)CCNC(=O)OCc1ccccc1. The van der Waals surface area contributed by atoms with Crippen LogP contribution >= 0.6 is 0 Å². The van der Waals surface area contributed by atoms with Crippen molar-refractivity contribution in [3.05, 3.63) is 35.9 Å². The van der Waals surface area contributed by atoms with Gasteiger partial charge >= 0.3 is 6.09 Å². The van der Waals surface area contributed by atoms with Crippen LogP contribution in [0.4, 0.5) is 4.79 Å². The molecule has 1 rings (SSSR count). The summed E-state index contributed by atoms with van der Waals surface area (Å²) in [6, 6.07) is 9.60. The number of nitrogens with one attached hydrogen (secondary N) is 2. The molecule has 0 aliphatic heterocycles. The zero-order valence-corrected chi connectivity index (χ0v) is 12.0. The van der Waals surface area contributed by atoms with Crippen LogP contribution in [0.5, 0.6) is 0 Å². The van der Waals surface area contributed by atoms with E-state index in [-0.39, 0.29) is 31.5 Å². The Bertz CT molecular complexity index is 420. The highest BCUT2D eigenvalue weighted by Gasteiger charge is 2.07. The highest BCUT2D eigenvalue weighted by molar-refractivity contribution is 5.77. The van der Waals surface area contributed by atoms with Crippen molar-refractivity contribution in [1.82, 2.24) is 10.6 Å². The molecule has 0 saturated heterocycles. The highest BCUT2D eigenvalue weighted by atomic mass is 16.5. The summed E-state index contributed by atoms with van der Waals surface area (Å²) in [6.45, 7) is 4.45. The summed E-state index contributed by atoms with van der Waals surface area (Å²) in [4.78, 5) is 22.9. The third-order valence-electron chi connectivity index (χ3n) is 2.85. The Kier molecular flexibility index (Phi) is 7.17. The van der Waals surface area contributed by atoms with Gasteiger partial charge in [0.15, 0.2) is 0 Å². The van der Waals surface area contributed by atoms with E-state index in [2.05, 4.69) is 10.6 Å². The summed E-state index contributed by atoms with van der Waals surface area (Å²) in [7, 11) is 0. The first-order chi connectivity index (χ1) is 9.61. The van der Waals surface area contributed by atoms with E-state index in [4.69, 9.17) is 4.74 Å². The lowest BCUT2D eigenvalue weighted by Gasteiger charge is -2.11. The molecule has 5 heteroatoms. The fraction of sp³-hybridized carbons (Fsp3) is 0.467. The molecule has 110 valence electrons. The Balaban J connectivity index is 2.13. The minimum atomic E-state index is -0.509.